The van der Waals surface area contributed by atoms with Crippen molar-refractivity contribution >= 4 is 5.84 Å². The average Bonchev–Trinajstić information content (AvgIpc) is 2.48. The molecule has 21 heavy (non-hydrogen) atoms. The largest absolute Gasteiger partial charge is 0.384 e. The van der Waals surface area contributed by atoms with Crippen LogP contribution in [0.15, 0.2) is 54.6 Å². The normalized spacial score (nSPS) is 10.8. The number of amidine groups is 1. The van der Waals surface area contributed by atoms with Crippen LogP contribution >= 0.6 is 0 Å². The minimum absolute atomic E-state index is 0.128. The minimum atomic E-state index is 0.128. The molecule has 3 nitrogen and oxygen atoms in total. The van der Waals surface area contributed by atoms with E-state index in [2.05, 4.69) is 48.3 Å². The van der Waals surface area contributed by atoms with Crippen molar-refractivity contribution in [2.75, 3.05) is 13.6 Å². The topological polar surface area (TPSA) is 53.1 Å². The van der Waals surface area contributed by atoms with Crippen molar-refractivity contribution in [1.82, 2.24) is 4.90 Å². The number of rotatable bonds is 7. The Morgan fingerprint density at radius 1 is 1.05 bits per heavy atom. The molecule has 3 N–H and O–H groups in total. The molecule has 0 aromatic heterocycles. The van der Waals surface area contributed by atoms with Crippen LogP contribution in [-0.4, -0.2) is 24.3 Å². The third kappa shape index (κ3) is 5.04. The summed E-state index contributed by atoms with van der Waals surface area (Å²) in [6, 6.07) is 18.5. The molecule has 0 radical (unpaired) electrons. The second-order valence-corrected chi connectivity index (χ2v) is 5.44. The van der Waals surface area contributed by atoms with Crippen LogP contribution in [0, 0.1) is 5.41 Å². The van der Waals surface area contributed by atoms with E-state index in [1.807, 2.05) is 18.2 Å². The van der Waals surface area contributed by atoms with Gasteiger partial charge in [0.15, 0.2) is 0 Å². The molecule has 0 saturated heterocycles. The molecule has 0 amide bonds. The lowest BCUT2D eigenvalue weighted by Gasteiger charge is -2.17. The van der Waals surface area contributed by atoms with E-state index in [9.17, 15) is 0 Å². The predicted molar refractivity (Wildman–Crippen MR) is 88.6 cm³/mol. The summed E-state index contributed by atoms with van der Waals surface area (Å²) in [6.07, 6.45) is 2.26. The summed E-state index contributed by atoms with van der Waals surface area (Å²) in [5.74, 6) is 0.128. The highest BCUT2D eigenvalue weighted by molar-refractivity contribution is 5.95. The summed E-state index contributed by atoms with van der Waals surface area (Å²) in [4.78, 5) is 2.31. The van der Waals surface area contributed by atoms with Crippen LogP contribution in [0.3, 0.4) is 0 Å². The molecule has 2 rings (SSSR count). The van der Waals surface area contributed by atoms with Gasteiger partial charge in [0, 0.05) is 12.1 Å². The molecule has 0 aliphatic rings. The van der Waals surface area contributed by atoms with Crippen LogP contribution in [0.25, 0.3) is 0 Å². The zero-order chi connectivity index (χ0) is 15.1. The third-order valence-electron chi connectivity index (χ3n) is 3.54. The van der Waals surface area contributed by atoms with Crippen molar-refractivity contribution in [3.05, 3.63) is 71.3 Å². The van der Waals surface area contributed by atoms with Gasteiger partial charge in [-0.05, 0) is 43.6 Å². The minimum Gasteiger partial charge on any atom is -0.384 e. The van der Waals surface area contributed by atoms with E-state index >= 15 is 0 Å². The number of aryl methyl sites for hydroxylation is 1. The Kier molecular flexibility index (Phi) is 5.52. The van der Waals surface area contributed by atoms with Crippen LogP contribution in [0.1, 0.15) is 23.1 Å². The van der Waals surface area contributed by atoms with Gasteiger partial charge in [0.25, 0.3) is 0 Å². The monoisotopic (exact) mass is 281 g/mol. The first kappa shape index (κ1) is 15.3. The second-order valence-electron chi connectivity index (χ2n) is 5.44. The highest BCUT2D eigenvalue weighted by atomic mass is 15.1. The van der Waals surface area contributed by atoms with Gasteiger partial charge in [0.2, 0.25) is 0 Å². The lowest BCUT2D eigenvalue weighted by molar-refractivity contribution is 0.322. The molecule has 0 saturated carbocycles. The average molecular weight is 281 g/mol. The van der Waals surface area contributed by atoms with Crippen LogP contribution in [0.5, 0.6) is 0 Å². The number of nitrogens with two attached hydrogens (primary N) is 1. The summed E-state index contributed by atoms with van der Waals surface area (Å²) in [6.45, 7) is 1.94. The van der Waals surface area contributed by atoms with Crippen molar-refractivity contribution in [2.24, 2.45) is 5.73 Å². The van der Waals surface area contributed by atoms with E-state index in [1.54, 1.807) is 0 Å². The van der Waals surface area contributed by atoms with Crippen LogP contribution in [0.2, 0.25) is 0 Å². The van der Waals surface area contributed by atoms with E-state index in [1.165, 1.54) is 11.1 Å². The first-order valence-corrected chi connectivity index (χ1v) is 7.31. The Morgan fingerprint density at radius 3 is 2.48 bits per heavy atom. The number of nitrogens with one attached hydrogen (secondary N) is 1. The van der Waals surface area contributed by atoms with Gasteiger partial charge in [-0.25, -0.2) is 0 Å². The van der Waals surface area contributed by atoms with Crippen molar-refractivity contribution < 1.29 is 0 Å². The molecule has 0 unspecified atom stereocenters. The fourth-order valence-electron chi connectivity index (χ4n) is 2.43. The van der Waals surface area contributed by atoms with Crippen molar-refractivity contribution in [3.63, 3.8) is 0 Å². The molecule has 0 spiro atoms. The summed E-state index contributed by atoms with van der Waals surface area (Å²) in [5.41, 5.74) is 8.92. The summed E-state index contributed by atoms with van der Waals surface area (Å²) >= 11 is 0. The molecular formula is C18H23N3. The molecule has 2 aromatic rings. The van der Waals surface area contributed by atoms with Crippen molar-refractivity contribution in [3.8, 4) is 0 Å². The highest BCUT2D eigenvalue weighted by Crippen LogP contribution is 2.09. The fourth-order valence-corrected chi connectivity index (χ4v) is 2.43. The van der Waals surface area contributed by atoms with Gasteiger partial charge in [0.05, 0.1) is 0 Å². The van der Waals surface area contributed by atoms with Gasteiger partial charge in [-0.3, -0.25) is 5.41 Å². The van der Waals surface area contributed by atoms with Crippen molar-refractivity contribution in [1.29, 1.82) is 5.41 Å². The first-order valence-electron chi connectivity index (χ1n) is 7.31. The molecule has 0 fully saturated rings. The van der Waals surface area contributed by atoms with E-state index in [0.29, 0.717) is 0 Å². The molecule has 0 bridgehead atoms. The molecule has 0 aliphatic carbocycles. The smallest absolute Gasteiger partial charge is 0.122 e. The predicted octanol–water partition coefficient (Wildman–Crippen LogP) is 3.04. The number of hydrogen-bond donors (Lipinski definition) is 2. The third-order valence-corrected chi connectivity index (χ3v) is 3.54. The van der Waals surface area contributed by atoms with Gasteiger partial charge in [-0.2, -0.15) is 0 Å². The van der Waals surface area contributed by atoms with Gasteiger partial charge in [0.1, 0.15) is 5.84 Å². The van der Waals surface area contributed by atoms with E-state index < -0.39 is 0 Å². The fraction of sp³-hybridized carbons (Fsp3) is 0.278. The standard InChI is InChI=1S/C18H23N3/c1-21(12-6-10-15-7-3-2-4-8-15)14-16-9-5-11-17(13-16)18(19)20/h2-5,7-9,11,13H,6,10,12,14H2,1H3,(H3,19,20). The van der Waals surface area contributed by atoms with Crippen LogP contribution in [0.4, 0.5) is 0 Å². The second kappa shape index (κ2) is 7.60. The Balaban J connectivity index is 1.80. The zero-order valence-electron chi connectivity index (χ0n) is 12.5. The molecule has 110 valence electrons. The van der Waals surface area contributed by atoms with Crippen LogP contribution < -0.4 is 5.73 Å². The first-order chi connectivity index (χ1) is 10.1. The van der Waals surface area contributed by atoms with E-state index in [0.717, 1.165) is 31.5 Å². The zero-order valence-corrected chi connectivity index (χ0v) is 12.5. The molecule has 0 aliphatic heterocycles. The highest BCUT2D eigenvalue weighted by Gasteiger charge is 2.03. The lowest BCUT2D eigenvalue weighted by atomic mass is 10.1. The lowest BCUT2D eigenvalue weighted by Crippen LogP contribution is -2.20. The Bertz CT molecular complexity index is 578. The Labute approximate surface area is 126 Å². The molecule has 0 atom stereocenters. The van der Waals surface area contributed by atoms with E-state index in [-0.39, 0.29) is 5.84 Å². The Hall–Kier alpha value is -2.13. The number of hydrogen-bond acceptors (Lipinski definition) is 2. The van der Waals surface area contributed by atoms with Crippen LogP contribution in [-0.2, 0) is 13.0 Å². The maximum atomic E-state index is 7.48. The number of benzene rings is 2. The summed E-state index contributed by atoms with van der Waals surface area (Å²) in [7, 11) is 2.13. The van der Waals surface area contributed by atoms with E-state index in [4.69, 9.17) is 11.1 Å². The van der Waals surface area contributed by atoms with Gasteiger partial charge in [-0.1, -0.05) is 48.5 Å². The van der Waals surface area contributed by atoms with Gasteiger partial charge < -0.3 is 10.6 Å². The molecular weight excluding hydrogens is 258 g/mol. The van der Waals surface area contributed by atoms with Gasteiger partial charge >= 0.3 is 0 Å². The van der Waals surface area contributed by atoms with Crippen molar-refractivity contribution in [2.45, 2.75) is 19.4 Å². The number of nitrogen functional groups attached to an aromatic ring is 1. The Morgan fingerprint density at radius 2 is 1.76 bits per heavy atom. The molecule has 2 aromatic carbocycles. The number of nitrogens with zero attached hydrogens (tertiary/aromatic N) is 1. The summed E-state index contributed by atoms with van der Waals surface area (Å²) < 4.78 is 0. The quantitative estimate of drug-likeness (QED) is 0.605. The summed E-state index contributed by atoms with van der Waals surface area (Å²) in [5, 5.41) is 7.48. The molecule has 3 heteroatoms. The SMILES string of the molecule is CN(CCCc1ccccc1)Cc1cccc(C(=N)N)c1. The maximum absolute atomic E-state index is 7.48. The molecule has 0 heterocycles. The maximum Gasteiger partial charge on any atom is 0.122 e. The van der Waals surface area contributed by atoms with Gasteiger partial charge in [-0.15, -0.1) is 0 Å².